The highest BCUT2D eigenvalue weighted by molar-refractivity contribution is 5.88. The van der Waals surface area contributed by atoms with Gasteiger partial charge in [-0.15, -0.1) is 0 Å². The van der Waals surface area contributed by atoms with E-state index in [1.165, 1.54) is 22.9 Å². The summed E-state index contributed by atoms with van der Waals surface area (Å²) in [6, 6.07) is 5.80. The highest BCUT2D eigenvalue weighted by atomic mass is 19.4. The third-order valence-electron chi connectivity index (χ3n) is 3.79. The van der Waals surface area contributed by atoms with Crippen LogP contribution in [-0.2, 0) is 19.0 Å². The smallest absolute Gasteiger partial charge is 0.435 e. The Kier molecular flexibility index (Phi) is 3.42. The normalized spacial score (nSPS) is 14.7. The van der Waals surface area contributed by atoms with Gasteiger partial charge in [0, 0.05) is 11.3 Å². The molecule has 7 heteroatoms. The van der Waals surface area contributed by atoms with Gasteiger partial charge in [0.15, 0.2) is 5.69 Å². The summed E-state index contributed by atoms with van der Waals surface area (Å²) in [5.74, 6) is -1.13. The molecule has 0 unspecified atom stereocenters. The molecule has 1 heterocycles. The molecule has 1 aliphatic rings. The number of benzene rings is 1. The molecule has 1 aromatic carbocycles. The molecular formula is C15H13F3N2O2. The number of hydrogen-bond acceptors (Lipinski definition) is 2. The van der Waals surface area contributed by atoms with Crippen molar-refractivity contribution < 1.29 is 23.1 Å². The van der Waals surface area contributed by atoms with E-state index in [9.17, 15) is 18.0 Å². The average Bonchev–Trinajstić information content (AvgIpc) is 2.87. The van der Waals surface area contributed by atoms with Crippen LogP contribution in [0.3, 0.4) is 0 Å². The van der Waals surface area contributed by atoms with Crippen LogP contribution in [0.5, 0.6) is 0 Å². The standard InChI is InChI=1S/C15H13F3N2O2/c16-15(17,18)13-11-6-1-2-7-12(11)20(19-13)10-5-3-4-9(8-10)14(21)22/h3-5,8H,1-2,6-7H2,(H,21,22). The SMILES string of the molecule is O=C(O)c1cccc(-n2nc(C(F)(F)F)c3c2CCCC3)c1. The molecule has 0 atom stereocenters. The molecule has 22 heavy (non-hydrogen) atoms. The minimum Gasteiger partial charge on any atom is -0.478 e. The third-order valence-corrected chi connectivity index (χ3v) is 3.79. The summed E-state index contributed by atoms with van der Waals surface area (Å²) >= 11 is 0. The first-order valence-corrected chi connectivity index (χ1v) is 6.89. The van der Waals surface area contributed by atoms with Crippen molar-refractivity contribution >= 4 is 5.97 Å². The number of rotatable bonds is 2. The second-order valence-electron chi connectivity index (χ2n) is 5.25. The molecule has 2 aromatic rings. The maximum absolute atomic E-state index is 13.1. The fourth-order valence-corrected chi connectivity index (χ4v) is 2.81. The monoisotopic (exact) mass is 310 g/mol. The minimum atomic E-state index is -4.50. The van der Waals surface area contributed by atoms with E-state index in [4.69, 9.17) is 5.11 Å². The molecule has 116 valence electrons. The fourth-order valence-electron chi connectivity index (χ4n) is 2.81. The topological polar surface area (TPSA) is 55.1 Å². The molecule has 0 spiro atoms. The van der Waals surface area contributed by atoms with Crippen molar-refractivity contribution in [2.75, 3.05) is 0 Å². The van der Waals surface area contributed by atoms with Crippen molar-refractivity contribution in [3.05, 3.63) is 46.8 Å². The number of carboxylic acid groups (broad SMARTS) is 1. The van der Waals surface area contributed by atoms with Crippen LogP contribution in [0.25, 0.3) is 5.69 Å². The predicted molar refractivity (Wildman–Crippen MR) is 72.2 cm³/mol. The van der Waals surface area contributed by atoms with Crippen molar-refractivity contribution in [1.29, 1.82) is 0 Å². The number of carbonyl (C=O) groups is 1. The van der Waals surface area contributed by atoms with E-state index in [-0.39, 0.29) is 11.1 Å². The molecule has 0 saturated carbocycles. The molecule has 3 rings (SSSR count). The fraction of sp³-hybridized carbons (Fsp3) is 0.333. The van der Waals surface area contributed by atoms with Crippen molar-refractivity contribution in [1.82, 2.24) is 9.78 Å². The lowest BCUT2D eigenvalue weighted by atomic mass is 9.95. The first kappa shape index (κ1) is 14.6. The Balaban J connectivity index is 2.17. The molecule has 0 saturated heterocycles. The number of fused-ring (bicyclic) bond motifs is 1. The second-order valence-corrected chi connectivity index (χ2v) is 5.25. The van der Waals surface area contributed by atoms with E-state index >= 15 is 0 Å². The highest BCUT2D eigenvalue weighted by Crippen LogP contribution is 2.36. The highest BCUT2D eigenvalue weighted by Gasteiger charge is 2.39. The van der Waals surface area contributed by atoms with E-state index in [0.29, 0.717) is 30.6 Å². The molecule has 0 amide bonds. The lowest BCUT2D eigenvalue weighted by molar-refractivity contribution is -0.142. The summed E-state index contributed by atoms with van der Waals surface area (Å²) in [4.78, 5) is 11.0. The lowest BCUT2D eigenvalue weighted by Crippen LogP contribution is -2.11. The van der Waals surface area contributed by atoms with Crippen molar-refractivity contribution in [2.24, 2.45) is 0 Å². The molecule has 0 bridgehead atoms. The van der Waals surface area contributed by atoms with Gasteiger partial charge >= 0.3 is 12.1 Å². The maximum Gasteiger partial charge on any atom is 0.435 e. The molecular weight excluding hydrogens is 297 g/mol. The Labute approximate surface area is 124 Å². The van der Waals surface area contributed by atoms with Crippen LogP contribution in [0.2, 0.25) is 0 Å². The third kappa shape index (κ3) is 2.47. The number of alkyl halides is 3. The van der Waals surface area contributed by atoms with Gasteiger partial charge in [-0.1, -0.05) is 6.07 Å². The van der Waals surface area contributed by atoms with Crippen LogP contribution in [0.1, 0.15) is 40.2 Å². The Hall–Kier alpha value is -2.31. The van der Waals surface area contributed by atoms with Gasteiger partial charge in [-0.2, -0.15) is 18.3 Å². The zero-order valence-corrected chi connectivity index (χ0v) is 11.5. The molecule has 1 N–H and O–H groups in total. The molecule has 4 nitrogen and oxygen atoms in total. The van der Waals surface area contributed by atoms with Crippen molar-refractivity contribution in [3.8, 4) is 5.69 Å². The molecule has 0 fully saturated rings. The van der Waals surface area contributed by atoms with Gasteiger partial charge < -0.3 is 5.11 Å². The van der Waals surface area contributed by atoms with Crippen LogP contribution >= 0.6 is 0 Å². The summed E-state index contributed by atoms with van der Waals surface area (Å²) in [5, 5.41) is 12.8. The van der Waals surface area contributed by atoms with Crippen molar-refractivity contribution in [2.45, 2.75) is 31.9 Å². The average molecular weight is 310 g/mol. The zero-order chi connectivity index (χ0) is 15.9. The summed E-state index contributed by atoms with van der Waals surface area (Å²) < 4.78 is 40.7. The largest absolute Gasteiger partial charge is 0.478 e. The summed E-state index contributed by atoms with van der Waals surface area (Å²) in [7, 11) is 0. The molecule has 1 aliphatic carbocycles. The second kappa shape index (κ2) is 5.15. The van der Waals surface area contributed by atoms with Gasteiger partial charge in [0.1, 0.15) is 0 Å². The van der Waals surface area contributed by atoms with Crippen LogP contribution in [0.4, 0.5) is 13.2 Å². The first-order chi connectivity index (χ1) is 10.4. The Morgan fingerprint density at radius 2 is 1.95 bits per heavy atom. The van der Waals surface area contributed by atoms with Crippen LogP contribution in [-0.4, -0.2) is 20.9 Å². The van der Waals surface area contributed by atoms with Crippen LogP contribution in [0, 0.1) is 0 Å². The van der Waals surface area contributed by atoms with E-state index in [0.717, 1.165) is 6.42 Å². The van der Waals surface area contributed by atoms with Crippen molar-refractivity contribution in [3.63, 3.8) is 0 Å². The number of aromatic carboxylic acids is 1. The quantitative estimate of drug-likeness (QED) is 0.924. The Bertz CT molecular complexity index is 735. The summed E-state index contributed by atoms with van der Waals surface area (Å²) in [6.45, 7) is 0. The number of aromatic nitrogens is 2. The van der Waals surface area contributed by atoms with Gasteiger partial charge in [0.05, 0.1) is 11.3 Å². The van der Waals surface area contributed by atoms with Gasteiger partial charge in [0.25, 0.3) is 0 Å². The minimum absolute atomic E-state index is 0.0196. The van der Waals surface area contributed by atoms with E-state index in [1.807, 2.05) is 0 Å². The van der Waals surface area contributed by atoms with Gasteiger partial charge in [-0.25, -0.2) is 9.48 Å². The van der Waals surface area contributed by atoms with Gasteiger partial charge in [-0.05, 0) is 43.9 Å². The van der Waals surface area contributed by atoms with Crippen LogP contribution < -0.4 is 0 Å². The number of carboxylic acids is 1. The number of hydrogen-bond donors (Lipinski definition) is 1. The van der Waals surface area contributed by atoms with E-state index in [1.54, 1.807) is 6.07 Å². The Morgan fingerprint density at radius 3 is 2.64 bits per heavy atom. The molecule has 0 radical (unpaired) electrons. The van der Waals surface area contributed by atoms with E-state index in [2.05, 4.69) is 5.10 Å². The van der Waals surface area contributed by atoms with E-state index < -0.39 is 17.8 Å². The molecule has 0 aliphatic heterocycles. The first-order valence-electron chi connectivity index (χ1n) is 6.89. The number of nitrogens with zero attached hydrogens (tertiary/aromatic N) is 2. The maximum atomic E-state index is 13.1. The van der Waals surface area contributed by atoms with Gasteiger partial charge in [-0.3, -0.25) is 0 Å². The predicted octanol–water partition coefficient (Wildman–Crippen LogP) is 3.47. The zero-order valence-electron chi connectivity index (χ0n) is 11.5. The Morgan fingerprint density at radius 1 is 1.23 bits per heavy atom. The lowest BCUT2D eigenvalue weighted by Gasteiger charge is -2.14. The summed E-state index contributed by atoms with van der Waals surface area (Å²) in [5.41, 5.74) is 0.267. The molecule has 1 aromatic heterocycles. The summed E-state index contributed by atoms with van der Waals surface area (Å²) in [6.07, 6.45) is -2.14. The number of halogens is 3. The van der Waals surface area contributed by atoms with Gasteiger partial charge in [0.2, 0.25) is 0 Å². The van der Waals surface area contributed by atoms with Crippen LogP contribution in [0.15, 0.2) is 24.3 Å².